The molecule has 1 N–H and O–H groups in total. The molecule has 2 aromatic carbocycles. The molecule has 0 heterocycles. The van der Waals surface area contributed by atoms with E-state index >= 15 is 0 Å². The number of nitrogens with one attached hydrogen (secondary N) is 1. The summed E-state index contributed by atoms with van der Waals surface area (Å²) in [7, 11) is 1.86. The van der Waals surface area contributed by atoms with Crippen molar-refractivity contribution in [2.75, 3.05) is 18.9 Å². The summed E-state index contributed by atoms with van der Waals surface area (Å²) in [5.41, 5.74) is 2.53. The molecule has 116 valence electrons. The minimum absolute atomic E-state index is 0.192. The number of likely N-dealkylation sites (N-methyl/N-ethyl adjacent to an activating group) is 1. The van der Waals surface area contributed by atoms with E-state index in [9.17, 15) is 9.18 Å². The average molecular weight is 365 g/mol. The summed E-state index contributed by atoms with van der Waals surface area (Å²) >= 11 is 3.18. The van der Waals surface area contributed by atoms with Gasteiger partial charge in [-0.3, -0.25) is 9.69 Å². The standard InChI is InChI=1S/C17H18BrFN2O/c1-12-3-5-13(6-4-12)10-21(2)11-17(22)20-16-8-7-14(18)9-15(16)19/h3-9H,10-11H2,1-2H3,(H,20,22). The minimum atomic E-state index is -0.455. The van der Waals surface area contributed by atoms with Crippen LogP contribution in [0.15, 0.2) is 46.9 Å². The van der Waals surface area contributed by atoms with E-state index in [-0.39, 0.29) is 18.1 Å². The Morgan fingerprint density at radius 3 is 2.55 bits per heavy atom. The Balaban J connectivity index is 1.89. The molecule has 0 atom stereocenters. The number of anilines is 1. The molecule has 3 nitrogen and oxygen atoms in total. The van der Waals surface area contributed by atoms with Crippen molar-refractivity contribution >= 4 is 27.5 Å². The van der Waals surface area contributed by atoms with Crippen LogP contribution in [0.4, 0.5) is 10.1 Å². The molecule has 0 bridgehead atoms. The van der Waals surface area contributed by atoms with E-state index in [1.165, 1.54) is 17.7 Å². The summed E-state index contributed by atoms with van der Waals surface area (Å²) in [5.74, 6) is -0.695. The Labute approximate surface area is 138 Å². The van der Waals surface area contributed by atoms with Crippen molar-refractivity contribution < 1.29 is 9.18 Å². The predicted molar refractivity (Wildman–Crippen MR) is 90.2 cm³/mol. The molecular formula is C17H18BrFN2O. The van der Waals surface area contributed by atoms with Crippen molar-refractivity contribution in [2.45, 2.75) is 13.5 Å². The second kappa shape index (κ2) is 7.51. The van der Waals surface area contributed by atoms with Crippen LogP contribution in [0.3, 0.4) is 0 Å². The van der Waals surface area contributed by atoms with E-state index in [2.05, 4.69) is 21.2 Å². The molecule has 0 aliphatic carbocycles. The SMILES string of the molecule is Cc1ccc(CN(C)CC(=O)Nc2ccc(Br)cc2F)cc1. The number of hydrogen-bond acceptors (Lipinski definition) is 2. The van der Waals surface area contributed by atoms with Gasteiger partial charge in [-0.05, 0) is 37.7 Å². The van der Waals surface area contributed by atoms with Crippen molar-refractivity contribution in [3.8, 4) is 0 Å². The molecule has 0 spiro atoms. The maximum absolute atomic E-state index is 13.7. The van der Waals surface area contributed by atoms with E-state index in [1.54, 1.807) is 6.07 Å². The molecule has 0 unspecified atom stereocenters. The van der Waals surface area contributed by atoms with Gasteiger partial charge in [-0.15, -0.1) is 0 Å². The number of aryl methyl sites for hydroxylation is 1. The Hall–Kier alpha value is -1.72. The molecule has 22 heavy (non-hydrogen) atoms. The summed E-state index contributed by atoms with van der Waals surface area (Å²) in [6, 6.07) is 12.7. The van der Waals surface area contributed by atoms with E-state index in [0.29, 0.717) is 11.0 Å². The highest BCUT2D eigenvalue weighted by Gasteiger charge is 2.10. The molecule has 2 rings (SSSR count). The number of amides is 1. The average Bonchev–Trinajstić information content (AvgIpc) is 2.44. The van der Waals surface area contributed by atoms with Crippen LogP contribution in [0.2, 0.25) is 0 Å². The lowest BCUT2D eigenvalue weighted by Crippen LogP contribution is -2.30. The van der Waals surface area contributed by atoms with Gasteiger partial charge in [-0.2, -0.15) is 0 Å². The highest BCUT2D eigenvalue weighted by atomic mass is 79.9. The van der Waals surface area contributed by atoms with Gasteiger partial charge in [0.05, 0.1) is 12.2 Å². The quantitative estimate of drug-likeness (QED) is 0.870. The van der Waals surface area contributed by atoms with Crippen LogP contribution in [-0.2, 0) is 11.3 Å². The largest absolute Gasteiger partial charge is 0.322 e. The van der Waals surface area contributed by atoms with Crippen LogP contribution < -0.4 is 5.32 Å². The van der Waals surface area contributed by atoms with Gasteiger partial charge in [0.1, 0.15) is 5.82 Å². The number of rotatable bonds is 5. The number of hydrogen-bond donors (Lipinski definition) is 1. The molecule has 0 aliphatic rings. The summed E-state index contributed by atoms with van der Waals surface area (Å²) < 4.78 is 14.3. The van der Waals surface area contributed by atoms with E-state index in [4.69, 9.17) is 0 Å². The van der Waals surface area contributed by atoms with Gasteiger partial charge in [0, 0.05) is 11.0 Å². The highest BCUT2D eigenvalue weighted by molar-refractivity contribution is 9.10. The number of nitrogens with zero attached hydrogens (tertiary/aromatic N) is 1. The van der Waals surface area contributed by atoms with Crippen LogP contribution in [-0.4, -0.2) is 24.4 Å². The zero-order chi connectivity index (χ0) is 16.1. The second-order valence-corrected chi connectivity index (χ2v) is 6.25. The molecule has 0 saturated heterocycles. The third-order valence-electron chi connectivity index (χ3n) is 3.19. The topological polar surface area (TPSA) is 32.3 Å². The zero-order valence-electron chi connectivity index (χ0n) is 12.6. The second-order valence-electron chi connectivity index (χ2n) is 5.33. The smallest absolute Gasteiger partial charge is 0.238 e. The number of carbonyl (C=O) groups is 1. The Morgan fingerprint density at radius 1 is 1.23 bits per heavy atom. The first-order valence-corrected chi connectivity index (χ1v) is 7.72. The molecule has 0 radical (unpaired) electrons. The van der Waals surface area contributed by atoms with Crippen molar-refractivity contribution in [1.82, 2.24) is 4.90 Å². The first-order chi connectivity index (χ1) is 10.4. The number of halogens is 2. The van der Waals surface area contributed by atoms with Crippen molar-refractivity contribution in [3.05, 3.63) is 63.9 Å². The van der Waals surface area contributed by atoms with E-state index in [0.717, 1.165) is 5.56 Å². The predicted octanol–water partition coefficient (Wildman–Crippen LogP) is 3.97. The highest BCUT2D eigenvalue weighted by Crippen LogP contribution is 2.19. The first kappa shape index (κ1) is 16.6. The van der Waals surface area contributed by atoms with Crippen LogP contribution in [0.25, 0.3) is 0 Å². The van der Waals surface area contributed by atoms with Crippen LogP contribution in [0.5, 0.6) is 0 Å². The van der Waals surface area contributed by atoms with Gasteiger partial charge in [0.25, 0.3) is 0 Å². The van der Waals surface area contributed by atoms with E-state index < -0.39 is 5.82 Å². The van der Waals surface area contributed by atoms with Gasteiger partial charge in [0.15, 0.2) is 0 Å². The van der Waals surface area contributed by atoms with Crippen LogP contribution in [0.1, 0.15) is 11.1 Å². The third kappa shape index (κ3) is 4.93. The minimum Gasteiger partial charge on any atom is -0.322 e. The third-order valence-corrected chi connectivity index (χ3v) is 3.69. The maximum Gasteiger partial charge on any atom is 0.238 e. The molecule has 1 amide bonds. The summed E-state index contributed by atoms with van der Waals surface area (Å²) in [6.07, 6.45) is 0. The summed E-state index contributed by atoms with van der Waals surface area (Å²) in [5, 5.41) is 2.59. The fourth-order valence-corrected chi connectivity index (χ4v) is 2.42. The Bertz CT molecular complexity index is 658. The van der Waals surface area contributed by atoms with Crippen LogP contribution in [0, 0.1) is 12.7 Å². The lowest BCUT2D eigenvalue weighted by Gasteiger charge is -2.16. The van der Waals surface area contributed by atoms with Gasteiger partial charge in [0.2, 0.25) is 5.91 Å². The van der Waals surface area contributed by atoms with Crippen molar-refractivity contribution in [1.29, 1.82) is 0 Å². The maximum atomic E-state index is 13.7. The lowest BCUT2D eigenvalue weighted by molar-refractivity contribution is -0.117. The molecule has 0 aliphatic heterocycles. The fraction of sp³-hybridized carbons (Fsp3) is 0.235. The number of benzene rings is 2. The van der Waals surface area contributed by atoms with Crippen LogP contribution >= 0.6 is 15.9 Å². The molecular weight excluding hydrogens is 347 g/mol. The molecule has 2 aromatic rings. The Kier molecular flexibility index (Phi) is 5.69. The van der Waals surface area contributed by atoms with Crippen molar-refractivity contribution in [2.24, 2.45) is 0 Å². The molecule has 0 saturated carbocycles. The Morgan fingerprint density at radius 2 is 1.91 bits per heavy atom. The van der Waals surface area contributed by atoms with Gasteiger partial charge < -0.3 is 5.32 Å². The monoisotopic (exact) mass is 364 g/mol. The van der Waals surface area contributed by atoms with E-state index in [1.807, 2.05) is 43.1 Å². The summed E-state index contributed by atoms with van der Waals surface area (Å²) in [4.78, 5) is 13.9. The molecule has 5 heteroatoms. The molecule has 0 fully saturated rings. The van der Waals surface area contributed by atoms with Gasteiger partial charge in [-0.25, -0.2) is 4.39 Å². The van der Waals surface area contributed by atoms with Crippen molar-refractivity contribution in [3.63, 3.8) is 0 Å². The number of carbonyl (C=O) groups excluding carboxylic acids is 1. The van der Waals surface area contributed by atoms with Gasteiger partial charge >= 0.3 is 0 Å². The summed E-state index contributed by atoms with van der Waals surface area (Å²) in [6.45, 7) is 2.90. The lowest BCUT2D eigenvalue weighted by atomic mass is 10.1. The fourth-order valence-electron chi connectivity index (χ4n) is 2.09. The van der Waals surface area contributed by atoms with Gasteiger partial charge in [-0.1, -0.05) is 45.8 Å². The zero-order valence-corrected chi connectivity index (χ0v) is 14.2. The first-order valence-electron chi connectivity index (χ1n) is 6.93. The normalized spacial score (nSPS) is 10.8. The molecule has 0 aromatic heterocycles.